The van der Waals surface area contributed by atoms with E-state index in [0.29, 0.717) is 21.4 Å². The van der Waals surface area contributed by atoms with Crippen LogP contribution in [-0.2, 0) is 4.74 Å². The summed E-state index contributed by atoms with van der Waals surface area (Å²) in [6.45, 7) is 4.09. The first-order chi connectivity index (χ1) is 11.4. The van der Waals surface area contributed by atoms with E-state index in [2.05, 4.69) is 29.7 Å². The van der Waals surface area contributed by atoms with E-state index in [-0.39, 0.29) is 6.04 Å². The number of anilines is 1. The van der Waals surface area contributed by atoms with E-state index in [1.807, 2.05) is 19.1 Å². The van der Waals surface area contributed by atoms with Gasteiger partial charge < -0.3 is 15.4 Å². The van der Waals surface area contributed by atoms with Gasteiger partial charge in [-0.15, -0.1) is 0 Å². The Morgan fingerprint density at radius 2 is 1.96 bits per heavy atom. The lowest BCUT2D eigenvalue weighted by atomic mass is 10.0. The maximum absolute atomic E-state index is 11.6. The number of halogens is 1. The third kappa shape index (κ3) is 4.46. The van der Waals surface area contributed by atoms with Gasteiger partial charge in [0, 0.05) is 0 Å². The number of nitrogens with one attached hydrogen (secondary N) is 2. The summed E-state index contributed by atoms with van der Waals surface area (Å²) in [5, 5.41) is 7.14. The van der Waals surface area contributed by atoms with Gasteiger partial charge in [-0.1, -0.05) is 35.9 Å². The highest BCUT2D eigenvalue weighted by Crippen LogP contribution is 2.24. The van der Waals surface area contributed by atoms with Crippen LogP contribution in [0.1, 0.15) is 34.5 Å². The summed E-state index contributed by atoms with van der Waals surface area (Å²) in [6.07, 6.45) is 0. The Morgan fingerprint density at radius 1 is 1.25 bits per heavy atom. The maximum atomic E-state index is 11.6. The Bertz CT molecular complexity index is 764. The molecule has 126 valence electrons. The highest BCUT2D eigenvalue weighted by Gasteiger charge is 2.12. The van der Waals surface area contributed by atoms with E-state index < -0.39 is 5.97 Å². The number of thiocarbonyl (C=S) groups is 1. The summed E-state index contributed by atoms with van der Waals surface area (Å²) < 4.78 is 4.71. The molecule has 24 heavy (non-hydrogen) atoms. The second kappa shape index (κ2) is 8.13. The summed E-state index contributed by atoms with van der Waals surface area (Å²) in [5.41, 5.74) is 3.30. The van der Waals surface area contributed by atoms with Crippen molar-refractivity contribution in [1.82, 2.24) is 5.32 Å². The molecule has 2 aromatic carbocycles. The zero-order valence-electron chi connectivity index (χ0n) is 13.7. The third-order valence-electron chi connectivity index (χ3n) is 3.64. The van der Waals surface area contributed by atoms with Crippen molar-refractivity contribution >= 4 is 40.6 Å². The fourth-order valence-corrected chi connectivity index (χ4v) is 2.82. The van der Waals surface area contributed by atoms with E-state index in [0.717, 1.165) is 5.56 Å². The van der Waals surface area contributed by atoms with Crippen molar-refractivity contribution in [3.63, 3.8) is 0 Å². The molecular weight excluding hydrogens is 344 g/mol. The average molecular weight is 363 g/mol. The van der Waals surface area contributed by atoms with Crippen molar-refractivity contribution in [2.45, 2.75) is 19.9 Å². The Labute approximate surface area is 152 Å². The van der Waals surface area contributed by atoms with Crippen LogP contribution in [0.5, 0.6) is 0 Å². The molecule has 0 aliphatic heterocycles. The van der Waals surface area contributed by atoms with Crippen molar-refractivity contribution in [3.05, 3.63) is 64.2 Å². The fraction of sp³-hybridized carbons (Fsp3) is 0.222. The molecule has 0 fully saturated rings. The van der Waals surface area contributed by atoms with Gasteiger partial charge in [-0.2, -0.15) is 0 Å². The molecule has 2 N–H and O–H groups in total. The van der Waals surface area contributed by atoms with Gasteiger partial charge in [-0.3, -0.25) is 0 Å². The maximum Gasteiger partial charge on any atom is 0.337 e. The molecule has 0 bridgehead atoms. The second-order valence-electron chi connectivity index (χ2n) is 5.36. The van der Waals surface area contributed by atoms with Crippen molar-refractivity contribution < 1.29 is 9.53 Å². The van der Waals surface area contributed by atoms with Crippen LogP contribution in [0.2, 0.25) is 5.02 Å². The van der Waals surface area contributed by atoms with Gasteiger partial charge in [0.2, 0.25) is 0 Å². The minimum atomic E-state index is -0.429. The molecule has 2 rings (SSSR count). The summed E-state index contributed by atoms with van der Waals surface area (Å²) in [7, 11) is 1.33. The van der Waals surface area contributed by atoms with Crippen LogP contribution in [0.4, 0.5) is 5.69 Å². The third-order valence-corrected chi connectivity index (χ3v) is 4.19. The predicted octanol–water partition coefficient (Wildman–Crippen LogP) is 4.48. The van der Waals surface area contributed by atoms with Crippen LogP contribution in [0.15, 0.2) is 42.5 Å². The van der Waals surface area contributed by atoms with Crippen LogP contribution in [0, 0.1) is 6.92 Å². The monoisotopic (exact) mass is 362 g/mol. The zero-order valence-corrected chi connectivity index (χ0v) is 15.3. The van der Waals surface area contributed by atoms with Crippen LogP contribution in [0.3, 0.4) is 0 Å². The number of hydrogen-bond donors (Lipinski definition) is 2. The number of carbonyl (C=O) groups excluding carboxylic acids is 1. The second-order valence-corrected chi connectivity index (χ2v) is 6.18. The number of benzene rings is 2. The highest BCUT2D eigenvalue weighted by molar-refractivity contribution is 7.80. The molecule has 0 unspecified atom stereocenters. The molecule has 0 heterocycles. The molecule has 0 aliphatic rings. The largest absolute Gasteiger partial charge is 0.465 e. The van der Waals surface area contributed by atoms with E-state index in [1.54, 1.807) is 18.2 Å². The normalized spacial score (nSPS) is 11.5. The minimum Gasteiger partial charge on any atom is -0.465 e. The molecule has 0 aromatic heterocycles. The molecule has 6 heteroatoms. The quantitative estimate of drug-likeness (QED) is 0.620. The fourth-order valence-electron chi connectivity index (χ4n) is 2.37. The molecule has 2 aromatic rings. The highest BCUT2D eigenvalue weighted by atomic mass is 35.5. The first-order valence-electron chi connectivity index (χ1n) is 7.43. The number of rotatable bonds is 4. The molecule has 4 nitrogen and oxygen atoms in total. The van der Waals surface area contributed by atoms with E-state index >= 15 is 0 Å². The van der Waals surface area contributed by atoms with Gasteiger partial charge in [0.25, 0.3) is 0 Å². The summed E-state index contributed by atoms with van der Waals surface area (Å²) in [4.78, 5) is 11.6. The summed E-state index contributed by atoms with van der Waals surface area (Å²) in [6, 6.07) is 13.0. The van der Waals surface area contributed by atoms with Gasteiger partial charge in [-0.05, 0) is 55.4 Å². The van der Waals surface area contributed by atoms with Gasteiger partial charge in [-0.25, -0.2) is 4.79 Å². The van der Waals surface area contributed by atoms with Crippen molar-refractivity contribution in [3.8, 4) is 0 Å². The Kier molecular flexibility index (Phi) is 6.17. The van der Waals surface area contributed by atoms with Crippen molar-refractivity contribution in [2.24, 2.45) is 0 Å². The van der Waals surface area contributed by atoms with Crippen molar-refractivity contribution in [1.29, 1.82) is 0 Å². The number of methoxy groups -OCH3 is 1. The van der Waals surface area contributed by atoms with Crippen LogP contribution >= 0.6 is 23.8 Å². The topological polar surface area (TPSA) is 50.4 Å². The van der Waals surface area contributed by atoms with Crippen molar-refractivity contribution in [2.75, 3.05) is 12.4 Å². The average Bonchev–Trinajstić information content (AvgIpc) is 2.56. The molecular formula is C18H19ClN2O2S. The van der Waals surface area contributed by atoms with Crippen LogP contribution in [0.25, 0.3) is 0 Å². The van der Waals surface area contributed by atoms with Gasteiger partial charge in [0.1, 0.15) is 0 Å². The lowest BCUT2D eigenvalue weighted by molar-refractivity contribution is 0.0601. The molecule has 0 aliphatic carbocycles. The Morgan fingerprint density at radius 3 is 2.62 bits per heavy atom. The first-order valence-corrected chi connectivity index (χ1v) is 8.22. The van der Waals surface area contributed by atoms with E-state index in [4.69, 9.17) is 28.6 Å². The van der Waals surface area contributed by atoms with Crippen LogP contribution in [-0.4, -0.2) is 18.2 Å². The Balaban J connectivity index is 2.10. The molecule has 1 atom stereocenters. The molecule has 0 radical (unpaired) electrons. The lowest BCUT2D eigenvalue weighted by Gasteiger charge is -2.19. The standard InChI is InChI=1S/C18H19ClN2O2S/c1-11-6-4-5-7-14(11)12(2)20-18(24)21-16-10-13(17(22)23-3)8-9-15(16)19/h4-10,12H,1-3H3,(H2,20,21,24)/t12-/m0/s1. The number of hydrogen-bond acceptors (Lipinski definition) is 3. The van der Waals surface area contributed by atoms with Crippen LogP contribution < -0.4 is 10.6 Å². The van der Waals surface area contributed by atoms with Gasteiger partial charge in [0.05, 0.1) is 29.4 Å². The molecule has 0 amide bonds. The first kappa shape index (κ1) is 18.2. The molecule has 0 spiro atoms. The van der Waals surface area contributed by atoms with Gasteiger partial charge in [0.15, 0.2) is 5.11 Å². The zero-order chi connectivity index (χ0) is 17.7. The SMILES string of the molecule is COC(=O)c1ccc(Cl)c(NC(=S)N[C@@H](C)c2ccccc2C)c1. The Hall–Kier alpha value is -2.11. The number of carbonyl (C=O) groups is 1. The smallest absolute Gasteiger partial charge is 0.337 e. The van der Waals surface area contributed by atoms with E-state index in [9.17, 15) is 4.79 Å². The minimum absolute atomic E-state index is 0.0359. The molecule has 0 saturated heterocycles. The van der Waals surface area contributed by atoms with E-state index in [1.165, 1.54) is 12.7 Å². The summed E-state index contributed by atoms with van der Waals surface area (Å²) in [5.74, 6) is -0.429. The number of ether oxygens (including phenoxy) is 1. The number of esters is 1. The predicted molar refractivity (Wildman–Crippen MR) is 102 cm³/mol. The lowest BCUT2D eigenvalue weighted by Crippen LogP contribution is -2.31. The number of aryl methyl sites for hydroxylation is 1. The molecule has 0 saturated carbocycles. The van der Waals surface area contributed by atoms with Gasteiger partial charge >= 0.3 is 5.97 Å². The summed E-state index contributed by atoms with van der Waals surface area (Å²) >= 11 is 11.5.